The zero-order chi connectivity index (χ0) is 17.9. The lowest BCUT2D eigenvalue weighted by atomic mass is 9.68. The summed E-state index contributed by atoms with van der Waals surface area (Å²) in [6.07, 6.45) is 7.91. The number of nitrogens with one attached hydrogen (secondary N) is 1. The van der Waals surface area contributed by atoms with Crippen molar-refractivity contribution in [3.8, 4) is 0 Å². The fourth-order valence-electron chi connectivity index (χ4n) is 5.48. The Balaban J connectivity index is 1.41. The summed E-state index contributed by atoms with van der Waals surface area (Å²) >= 11 is 0. The van der Waals surface area contributed by atoms with Crippen LogP contribution in [0.25, 0.3) is 0 Å². The van der Waals surface area contributed by atoms with E-state index in [0.717, 1.165) is 44.1 Å². The normalized spacial score (nSPS) is 33.3. The van der Waals surface area contributed by atoms with E-state index in [1.165, 1.54) is 19.3 Å². The Kier molecular flexibility index (Phi) is 3.90. The van der Waals surface area contributed by atoms with Crippen LogP contribution < -0.4 is 4.72 Å². The molecule has 2 aliphatic heterocycles. The maximum atomic E-state index is 13.2. The van der Waals surface area contributed by atoms with Gasteiger partial charge in [-0.2, -0.15) is 0 Å². The van der Waals surface area contributed by atoms with E-state index in [4.69, 9.17) is 0 Å². The van der Waals surface area contributed by atoms with Crippen molar-refractivity contribution in [1.29, 1.82) is 0 Å². The minimum atomic E-state index is -3.53. The van der Waals surface area contributed by atoms with Gasteiger partial charge in [0.25, 0.3) is 5.91 Å². The van der Waals surface area contributed by atoms with Crippen LogP contribution >= 0.6 is 0 Å². The predicted molar refractivity (Wildman–Crippen MR) is 98.2 cm³/mol. The maximum Gasteiger partial charge on any atom is 0.254 e. The van der Waals surface area contributed by atoms with E-state index in [1.807, 2.05) is 0 Å². The molecule has 26 heavy (non-hydrogen) atoms. The van der Waals surface area contributed by atoms with Crippen LogP contribution in [0.3, 0.4) is 0 Å². The molecule has 2 atom stereocenters. The number of carbonyl (C=O) groups excluding carboxylic acids is 1. The predicted octanol–water partition coefficient (Wildman–Crippen LogP) is 2.78. The highest BCUT2D eigenvalue weighted by molar-refractivity contribution is 7.89. The maximum absolute atomic E-state index is 13.2. The highest BCUT2D eigenvalue weighted by Gasteiger charge is 2.44. The van der Waals surface area contributed by atoms with E-state index in [2.05, 4.69) is 9.62 Å². The first kappa shape index (κ1) is 16.8. The van der Waals surface area contributed by atoms with Gasteiger partial charge in [0.2, 0.25) is 10.0 Å². The molecule has 0 aromatic heterocycles. The van der Waals surface area contributed by atoms with Gasteiger partial charge in [-0.05, 0) is 80.9 Å². The van der Waals surface area contributed by atoms with Gasteiger partial charge in [0.15, 0.2) is 0 Å². The Hall–Kier alpha value is -1.40. The van der Waals surface area contributed by atoms with E-state index in [0.29, 0.717) is 17.5 Å². The minimum absolute atomic E-state index is 0.00618. The van der Waals surface area contributed by atoms with Crippen molar-refractivity contribution < 1.29 is 13.2 Å². The van der Waals surface area contributed by atoms with Crippen molar-refractivity contribution in [2.75, 3.05) is 6.54 Å². The Labute approximate surface area is 155 Å². The number of benzene rings is 1. The molecule has 0 spiro atoms. The van der Waals surface area contributed by atoms with Crippen molar-refractivity contribution in [1.82, 2.24) is 9.62 Å². The molecule has 140 valence electrons. The van der Waals surface area contributed by atoms with Crippen LogP contribution in [0.15, 0.2) is 29.2 Å². The highest BCUT2D eigenvalue weighted by atomic mass is 32.2. The molecule has 5 nitrogen and oxygen atoms in total. The summed E-state index contributed by atoms with van der Waals surface area (Å²) in [6.45, 7) is 0.841. The molecule has 0 radical (unpaired) electrons. The topological polar surface area (TPSA) is 66.5 Å². The molecule has 3 aliphatic carbocycles. The second-order valence-corrected chi connectivity index (χ2v) is 10.5. The molecule has 5 fully saturated rings. The molecule has 1 N–H and O–H groups in total. The van der Waals surface area contributed by atoms with Gasteiger partial charge < -0.3 is 4.90 Å². The third kappa shape index (κ3) is 3.07. The number of amides is 1. The van der Waals surface area contributed by atoms with Crippen molar-refractivity contribution >= 4 is 15.9 Å². The minimum Gasteiger partial charge on any atom is -0.335 e. The first-order valence-electron chi connectivity index (χ1n) is 9.91. The number of hydrogen-bond acceptors (Lipinski definition) is 3. The summed E-state index contributed by atoms with van der Waals surface area (Å²) in [7, 11) is -3.53. The van der Waals surface area contributed by atoms with Crippen LogP contribution in [-0.4, -0.2) is 37.9 Å². The van der Waals surface area contributed by atoms with Crippen molar-refractivity contribution in [3.05, 3.63) is 29.8 Å². The molecular weight excluding hydrogens is 348 g/mol. The first-order valence-corrected chi connectivity index (χ1v) is 11.4. The van der Waals surface area contributed by atoms with Crippen molar-refractivity contribution in [2.24, 2.45) is 17.8 Å². The summed E-state index contributed by atoms with van der Waals surface area (Å²) in [5, 5.41) is 0. The van der Waals surface area contributed by atoms with Gasteiger partial charge >= 0.3 is 0 Å². The van der Waals surface area contributed by atoms with Gasteiger partial charge in [-0.15, -0.1) is 0 Å². The van der Waals surface area contributed by atoms with Crippen molar-refractivity contribution in [2.45, 2.75) is 61.9 Å². The Morgan fingerprint density at radius 3 is 2.38 bits per heavy atom. The summed E-state index contributed by atoms with van der Waals surface area (Å²) in [5.41, 5.74) is 0.505. The van der Waals surface area contributed by atoms with Gasteiger partial charge in [-0.25, -0.2) is 13.1 Å². The van der Waals surface area contributed by atoms with E-state index in [-0.39, 0.29) is 16.8 Å². The lowest BCUT2D eigenvalue weighted by molar-refractivity contribution is 0.0632. The molecular formula is C20H26N2O3S. The summed E-state index contributed by atoms with van der Waals surface area (Å²) < 4.78 is 27.7. The lowest BCUT2D eigenvalue weighted by Gasteiger charge is -2.39. The highest BCUT2D eigenvalue weighted by Crippen LogP contribution is 2.47. The van der Waals surface area contributed by atoms with Crippen LogP contribution in [0.1, 0.15) is 55.3 Å². The average molecular weight is 375 g/mol. The van der Waals surface area contributed by atoms with Gasteiger partial charge in [0, 0.05) is 24.2 Å². The molecule has 1 amide bonds. The number of rotatable bonds is 4. The number of carbonyl (C=O) groups is 1. The first-order chi connectivity index (χ1) is 12.5. The SMILES string of the molecule is O=C(c1cccc(S(=O)(=O)NC2CC2)c1)N1CC2CC3CC(C2)CC1C3. The Morgan fingerprint density at radius 2 is 1.69 bits per heavy atom. The van der Waals surface area contributed by atoms with Gasteiger partial charge in [0.1, 0.15) is 0 Å². The van der Waals surface area contributed by atoms with Gasteiger partial charge in [0.05, 0.1) is 4.90 Å². The Bertz CT molecular complexity index is 819. The third-order valence-corrected chi connectivity index (χ3v) is 8.18. The molecule has 6 rings (SSSR count). The summed E-state index contributed by atoms with van der Waals surface area (Å²) in [5.74, 6) is 2.19. The fraction of sp³-hybridized carbons (Fsp3) is 0.650. The molecule has 2 heterocycles. The quantitative estimate of drug-likeness (QED) is 0.881. The second kappa shape index (κ2) is 6.06. The van der Waals surface area contributed by atoms with Gasteiger partial charge in [-0.3, -0.25) is 4.79 Å². The van der Waals surface area contributed by atoms with Crippen LogP contribution in [0, 0.1) is 17.8 Å². The molecule has 1 aromatic rings. The average Bonchev–Trinajstić information content (AvgIpc) is 3.43. The lowest BCUT2D eigenvalue weighted by Crippen LogP contribution is -2.42. The molecule has 1 aromatic carbocycles. The Morgan fingerprint density at radius 1 is 1.00 bits per heavy atom. The van der Waals surface area contributed by atoms with Crippen molar-refractivity contribution in [3.63, 3.8) is 0 Å². The van der Waals surface area contributed by atoms with E-state index < -0.39 is 10.0 Å². The third-order valence-electron chi connectivity index (χ3n) is 6.66. The fourth-order valence-corrected chi connectivity index (χ4v) is 6.83. The zero-order valence-corrected chi connectivity index (χ0v) is 15.7. The number of nitrogens with zero attached hydrogens (tertiary/aromatic N) is 1. The molecule has 6 heteroatoms. The van der Waals surface area contributed by atoms with Crippen LogP contribution in [0.4, 0.5) is 0 Å². The molecule has 2 unspecified atom stereocenters. The largest absolute Gasteiger partial charge is 0.335 e. The van der Waals surface area contributed by atoms with Gasteiger partial charge in [-0.1, -0.05) is 6.07 Å². The van der Waals surface area contributed by atoms with Crippen LogP contribution in [0.2, 0.25) is 0 Å². The van der Waals surface area contributed by atoms with Crippen LogP contribution in [-0.2, 0) is 10.0 Å². The van der Waals surface area contributed by atoms with Crippen LogP contribution in [0.5, 0.6) is 0 Å². The zero-order valence-electron chi connectivity index (χ0n) is 14.9. The monoisotopic (exact) mass is 374 g/mol. The smallest absolute Gasteiger partial charge is 0.254 e. The summed E-state index contributed by atoms with van der Waals surface area (Å²) in [4.78, 5) is 15.5. The number of hydrogen-bond donors (Lipinski definition) is 1. The van der Waals surface area contributed by atoms with E-state index in [1.54, 1.807) is 24.3 Å². The molecule has 5 aliphatic rings. The van der Waals surface area contributed by atoms with E-state index in [9.17, 15) is 13.2 Å². The molecule has 4 bridgehead atoms. The molecule has 2 saturated heterocycles. The number of sulfonamides is 1. The standard InChI is InChI=1S/C20H26N2O3S/c23-20(22-12-15-7-13-6-14(8-15)10-18(22)9-13)16-2-1-3-19(11-16)26(24,25)21-17-4-5-17/h1-3,11,13-15,17-18,21H,4-10,12H2. The second-order valence-electron chi connectivity index (χ2n) is 8.81. The summed E-state index contributed by atoms with van der Waals surface area (Å²) in [6, 6.07) is 6.99. The molecule has 3 saturated carbocycles. The van der Waals surface area contributed by atoms with E-state index >= 15 is 0 Å². The number of fused-ring (bicyclic) bond motifs is 1.